The van der Waals surface area contributed by atoms with E-state index in [1.54, 1.807) is 0 Å². The molecule has 0 saturated heterocycles. The van der Waals surface area contributed by atoms with Crippen molar-refractivity contribution in [3.8, 4) is 6.07 Å². The van der Waals surface area contributed by atoms with Crippen molar-refractivity contribution in [2.45, 2.75) is 24.6 Å². The van der Waals surface area contributed by atoms with Crippen LogP contribution in [0.3, 0.4) is 0 Å². The first-order valence-electron chi connectivity index (χ1n) is 2.55. The van der Waals surface area contributed by atoms with Crippen LogP contribution in [0.15, 0.2) is 0 Å². The zero-order valence-electron chi connectivity index (χ0n) is 4.89. The van der Waals surface area contributed by atoms with Gasteiger partial charge >= 0.3 is 0 Å². The van der Waals surface area contributed by atoms with Gasteiger partial charge < -0.3 is 5.73 Å². The van der Waals surface area contributed by atoms with E-state index in [0.717, 1.165) is 6.42 Å². The highest BCUT2D eigenvalue weighted by atomic mass is 32.1. The maximum Gasteiger partial charge on any atom is 0.147 e. The van der Waals surface area contributed by atoms with Crippen molar-refractivity contribution in [2.24, 2.45) is 5.73 Å². The molecule has 0 spiro atoms. The quantitative estimate of drug-likeness (QED) is 0.431. The molecule has 0 fully saturated rings. The smallest absolute Gasteiger partial charge is 0.147 e. The van der Waals surface area contributed by atoms with Crippen molar-refractivity contribution in [1.29, 1.82) is 5.26 Å². The number of thiol groups is 1. The Hall–Kier alpha value is -0.200. The molecular formula is C5H10N2S. The highest BCUT2D eigenvalue weighted by Crippen LogP contribution is 2.11. The molecule has 0 heterocycles. The Morgan fingerprint density at radius 3 is 2.50 bits per heavy atom. The molecule has 2 nitrogen and oxygen atoms in total. The molecule has 3 heteroatoms. The highest BCUT2D eigenvalue weighted by Gasteiger charge is 2.15. The van der Waals surface area contributed by atoms with Crippen molar-refractivity contribution < 1.29 is 0 Å². The number of hydrogen-bond acceptors (Lipinski definition) is 3. The van der Waals surface area contributed by atoms with Crippen LogP contribution in [0.5, 0.6) is 0 Å². The van der Waals surface area contributed by atoms with Gasteiger partial charge in [-0.2, -0.15) is 5.26 Å². The van der Waals surface area contributed by atoms with E-state index in [0.29, 0.717) is 6.42 Å². The predicted octanol–water partition coefficient (Wildman–Crippen LogP) is 0.895. The Balaban J connectivity index is 3.59. The second-order valence-corrected chi connectivity index (χ2v) is 2.58. The minimum absolute atomic E-state index is 0.645. The van der Waals surface area contributed by atoms with Gasteiger partial charge in [0.05, 0.1) is 6.07 Å². The molecule has 46 valence electrons. The van der Waals surface area contributed by atoms with E-state index in [2.05, 4.69) is 12.6 Å². The van der Waals surface area contributed by atoms with E-state index in [9.17, 15) is 0 Å². The summed E-state index contributed by atoms with van der Waals surface area (Å²) in [5.74, 6) is 0. The van der Waals surface area contributed by atoms with Gasteiger partial charge in [-0.3, -0.25) is 0 Å². The van der Waals surface area contributed by atoms with Crippen molar-refractivity contribution in [3.05, 3.63) is 0 Å². The van der Waals surface area contributed by atoms with Gasteiger partial charge in [-0.1, -0.05) is 13.3 Å². The molecule has 0 aliphatic rings. The summed E-state index contributed by atoms with van der Waals surface area (Å²) in [6.07, 6.45) is 1.54. The Kier molecular flexibility index (Phi) is 2.88. The molecule has 0 aromatic heterocycles. The Labute approximate surface area is 55.1 Å². The van der Waals surface area contributed by atoms with E-state index < -0.39 is 4.87 Å². The molecule has 2 N–H and O–H groups in total. The molecule has 0 aromatic carbocycles. The summed E-state index contributed by atoms with van der Waals surface area (Å²) in [7, 11) is 0. The number of nitriles is 1. The lowest BCUT2D eigenvalue weighted by Gasteiger charge is -2.10. The summed E-state index contributed by atoms with van der Waals surface area (Å²) in [5.41, 5.74) is 5.33. The van der Waals surface area contributed by atoms with Crippen LogP contribution in [0.1, 0.15) is 19.8 Å². The third kappa shape index (κ3) is 2.89. The highest BCUT2D eigenvalue weighted by molar-refractivity contribution is 7.82. The van der Waals surface area contributed by atoms with Crippen molar-refractivity contribution in [2.75, 3.05) is 0 Å². The summed E-state index contributed by atoms with van der Waals surface area (Å²) >= 11 is 3.88. The fourth-order valence-electron chi connectivity index (χ4n) is 0.437. The van der Waals surface area contributed by atoms with Crippen LogP contribution < -0.4 is 5.73 Å². The maximum absolute atomic E-state index is 8.27. The van der Waals surface area contributed by atoms with Gasteiger partial charge in [0.15, 0.2) is 0 Å². The average molecular weight is 130 g/mol. The van der Waals surface area contributed by atoms with Gasteiger partial charge in [-0.25, -0.2) is 0 Å². The largest absolute Gasteiger partial charge is 0.305 e. The van der Waals surface area contributed by atoms with Crippen LogP contribution in [0.4, 0.5) is 0 Å². The van der Waals surface area contributed by atoms with Crippen molar-refractivity contribution in [3.63, 3.8) is 0 Å². The second kappa shape index (κ2) is 2.95. The first kappa shape index (κ1) is 7.80. The molecular weight excluding hydrogens is 120 g/mol. The zero-order valence-corrected chi connectivity index (χ0v) is 5.78. The van der Waals surface area contributed by atoms with Crippen LogP contribution in [-0.4, -0.2) is 4.87 Å². The maximum atomic E-state index is 8.27. The van der Waals surface area contributed by atoms with Crippen LogP contribution >= 0.6 is 12.6 Å². The molecule has 0 saturated carbocycles. The van der Waals surface area contributed by atoms with Gasteiger partial charge in [-0.05, 0) is 6.42 Å². The molecule has 1 unspecified atom stereocenters. The first-order chi connectivity index (χ1) is 3.62. The van der Waals surface area contributed by atoms with Crippen molar-refractivity contribution in [1.82, 2.24) is 0 Å². The van der Waals surface area contributed by atoms with E-state index in [1.807, 2.05) is 13.0 Å². The Morgan fingerprint density at radius 1 is 1.88 bits per heavy atom. The Morgan fingerprint density at radius 2 is 2.38 bits per heavy atom. The molecule has 0 bridgehead atoms. The molecule has 1 atom stereocenters. The van der Waals surface area contributed by atoms with Crippen LogP contribution in [-0.2, 0) is 0 Å². The molecule has 0 aliphatic heterocycles. The topological polar surface area (TPSA) is 49.8 Å². The summed E-state index contributed by atoms with van der Waals surface area (Å²) in [6, 6.07) is 1.88. The number of nitrogens with zero attached hydrogens (tertiary/aromatic N) is 1. The monoisotopic (exact) mass is 130 g/mol. The fraction of sp³-hybridized carbons (Fsp3) is 0.800. The third-order valence-electron chi connectivity index (χ3n) is 0.825. The van der Waals surface area contributed by atoms with E-state index in [-0.39, 0.29) is 0 Å². The number of hydrogen-bond donors (Lipinski definition) is 2. The molecule has 8 heavy (non-hydrogen) atoms. The fourth-order valence-corrected chi connectivity index (χ4v) is 0.661. The molecule has 0 aliphatic carbocycles. The van der Waals surface area contributed by atoms with Gasteiger partial charge in [0.1, 0.15) is 4.87 Å². The summed E-state index contributed by atoms with van der Waals surface area (Å²) in [5, 5.41) is 8.27. The van der Waals surface area contributed by atoms with E-state index in [1.165, 1.54) is 0 Å². The average Bonchev–Trinajstić information content (AvgIpc) is 1.67. The Bertz CT molecular complexity index is 103. The normalized spacial score (nSPS) is 16.8. The lowest BCUT2D eigenvalue weighted by molar-refractivity contribution is 0.670. The third-order valence-corrected chi connectivity index (χ3v) is 1.15. The van der Waals surface area contributed by atoms with Crippen molar-refractivity contribution >= 4 is 12.6 Å². The molecule has 0 radical (unpaired) electrons. The van der Waals surface area contributed by atoms with Crippen LogP contribution in [0.25, 0.3) is 0 Å². The van der Waals surface area contributed by atoms with Crippen LogP contribution in [0, 0.1) is 11.3 Å². The minimum atomic E-state index is -0.908. The minimum Gasteiger partial charge on any atom is -0.305 e. The standard InChI is InChI=1S/C5H10N2S/c1-2-3-5(7,8)4-6/h8H,2-3,7H2,1H3. The molecule has 0 amide bonds. The molecule has 0 rings (SSSR count). The second-order valence-electron chi connectivity index (χ2n) is 1.79. The number of nitrogens with two attached hydrogens (primary N) is 1. The van der Waals surface area contributed by atoms with E-state index >= 15 is 0 Å². The first-order valence-corrected chi connectivity index (χ1v) is 2.99. The predicted molar refractivity (Wildman–Crippen MR) is 36.4 cm³/mol. The number of rotatable bonds is 2. The lowest BCUT2D eigenvalue weighted by atomic mass is 10.2. The summed E-state index contributed by atoms with van der Waals surface area (Å²) < 4.78 is 0. The summed E-state index contributed by atoms with van der Waals surface area (Å²) in [4.78, 5) is -0.908. The van der Waals surface area contributed by atoms with Crippen LogP contribution in [0.2, 0.25) is 0 Å². The SMILES string of the molecule is CCCC(N)(S)C#N. The zero-order chi connectivity index (χ0) is 6.62. The van der Waals surface area contributed by atoms with Gasteiger partial charge in [0, 0.05) is 0 Å². The molecule has 0 aromatic rings. The van der Waals surface area contributed by atoms with Gasteiger partial charge in [0.25, 0.3) is 0 Å². The van der Waals surface area contributed by atoms with Gasteiger partial charge in [-0.15, -0.1) is 12.6 Å². The lowest BCUT2D eigenvalue weighted by Crippen LogP contribution is -2.30. The van der Waals surface area contributed by atoms with Gasteiger partial charge in [0.2, 0.25) is 0 Å². The summed E-state index contributed by atoms with van der Waals surface area (Å²) in [6.45, 7) is 1.97. The van der Waals surface area contributed by atoms with E-state index in [4.69, 9.17) is 11.0 Å².